The number of amides is 2. The van der Waals surface area contributed by atoms with Crippen LogP contribution in [0, 0.1) is 17.3 Å². The average Bonchev–Trinajstić information content (AvgIpc) is 3.50. The number of carbonyl (C=O) groups is 2. The van der Waals surface area contributed by atoms with Crippen molar-refractivity contribution in [3.05, 3.63) is 60.2 Å². The van der Waals surface area contributed by atoms with Gasteiger partial charge < -0.3 is 9.80 Å². The first-order valence-electron chi connectivity index (χ1n) is 11.1. The summed E-state index contributed by atoms with van der Waals surface area (Å²) in [7, 11) is 3.69. The smallest absolute Gasteiger partial charge is 0.228 e. The van der Waals surface area contributed by atoms with Gasteiger partial charge in [0.1, 0.15) is 0 Å². The van der Waals surface area contributed by atoms with Crippen LogP contribution in [0.2, 0.25) is 0 Å². The van der Waals surface area contributed by atoms with Gasteiger partial charge in [-0.3, -0.25) is 9.59 Å². The lowest BCUT2D eigenvalue weighted by molar-refractivity contribution is -0.146. The van der Waals surface area contributed by atoms with Gasteiger partial charge in [0.15, 0.2) is 0 Å². The molecule has 0 aromatic heterocycles. The van der Waals surface area contributed by atoms with Gasteiger partial charge in [0.2, 0.25) is 11.8 Å². The number of rotatable bonds is 5. The van der Waals surface area contributed by atoms with Crippen LogP contribution >= 0.6 is 0 Å². The van der Waals surface area contributed by atoms with E-state index in [1.807, 2.05) is 25.1 Å². The molecule has 1 heterocycles. The van der Waals surface area contributed by atoms with Crippen LogP contribution in [-0.2, 0) is 16.0 Å². The van der Waals surface area contributed by atoms with Gasteiger partial charge in [-0.05, 0) is 48.3 Å². The zero-order chi connectivity index (χ0) is 21.3. The fourth-order valence-corrected chi connectivity index (χ4v) is 4.93. The Morgan fingerprint density at radius 1 is 1.00 bits per heavy atom. The van der Waals surface area contributed by atoms with Crippen LogP contribution in [0.15, 0.2) is 54.6 Å². The molecule has 1 aliphatic carbocycles. The summed E-state index contributed by atoms with van der Waals surface area (Å²) in [6.07, 6.45) is 3.17. The molecule has 4 nitrogen and oxygen atoms in total. The molecule has 2 atom stereocenters. The number of benzene rings is 2. The summed E-state index contributed by atoms with van der Waals surface area (Å²) in [5, 5.41) is 0. The van der Waals surface area contributed by atoms with Crippen LogP contribution in [0.4, 0.5) is 0 Å². The molecule has 1 saturated heterocycles. The van der Waals surface area contributed by atoms with Gasteiger partial charge in [0.25, 0.3) is 0 Å². The van der Waals surface area contributed by atoms with Gasteiger partial charge in [0, 0.05) is 33.1 Å². The summed E-state index contributed by atoms with van der Waals surface area (Å²) in [5.74, 6) is 1.20. The second-order valence-electron chi connectivity index (χ2n) is 9.32. The van der Waals surface area contributed by atoms with E-state index in [0.29, 0.717) is 25.4 Å². The van der Waals surface area contributed by atoms with E-state index in [1.54, 1.807) is 4.90 Å². The molecular weight excluding hydrogens is 372 g/mol. The quantitative estimate of drug-likeness (QED) is 0.748. The van der Waals surface area contributed by atoms with E-state index in [9.17, 15) is 9.59 Å². The molecule has 158 valence electrons. The van der Waals surface area contributed by atoms with Crippen LogP contribution in [0.5, 0.6) is 0 Å². The number of carbonyl (C=O) groups excluding carboxylic acids is 2. The Morgan fingerprint density at radius 3 is 2.20 bits per heavy atom. The van der Waals surface area contributed by atoms with Crippen molar-refractivity contribution in [3.8, 4) is 11.1 Å². The molecule has 4 heteroatoms. The Hall–Kier alpha value is -2.62. The van der Waals surface area contributed by atoms with Gasteiger partial charge in [0.05, 0.1) is 5.41 Å². The minimum Gasteiger partial charge on any atom is -0.348 e. The van der Waals surface area contributed by atoms with Gasteiger partial charge in [-0.25, -0.2) is 0 Å². The molecule has 2 aromatic rings. The zero-order valence-corrected chi connectivity index (χ0v) is 18.3. The molecule has 0 N–H and O–H groups in total. The number of piperidine rings is 1. The molecule has 2 unspecified atom stereocenters. The minimum absolute atomic E-state index is 0.178. The van der Waals surface area contributed by atoms with Crippen molar-refractivity contribution >= 4 is 11.8 Å². The molecule has 0 spiro atoms. The lowest BCUT2D eigenvalue weighted by Gasteiger charge is -2.42. The van der Waals surface area contributed by atoms with Gasteiger partial charge in [-0.15, -0.1) is 0 Å². The summed E-state index contributed by atoms with van der Waals surface area (Å²) in [4.78, 5) is 29.8. The van der Waals surface area contributed by atoms with E-state index in [2.05, 4.69) is 55.5 Å². The van der Waals surface area contributed by atoms with Crippen molar-refractivity contribution < 1.29 is 9.59 Å². The average molecular weight is 405 g/mol. The van der Waals surface area contributed by atoms with Crippen LogP contribution in [-0.4, -0.2) is 48.8 Å². The van der Waals surface area contributed by atoms with Crippen LogP contribution in [0.1, 0.15) is 31.7 Å². The van der Waals surface area contributed by atoms with E-state index in [1.165, 1.54) is 16.7 Å². The Balaban J connectivity index is 1.59. The first-order valence-corrected chi connectivity index (χ1v) is 11.1. The monoisotopic (exact) mass is 404 g/mol. The number of hydrogen-bond donors (Lipinski definition) is 0. The molecule has 2 fully saturated rings. The summed E-state index contributed by atoms with van der Waals surface area (Å²) in [6.45, 7) is 3.50. The second kappa shape index (κ2) is 8.25. The van der Waals surface area contributed by atoms with Crippen molar-refractivity contribution in [2.75, 3.05) is 27.2 Å². The molecule has 0 radical (unpaired) electrons. The Kier molecular flexibility index (Phi) is 5.68. The zero-order valence-electron chi connectivity index (χ0n) is 18.3. The summed E-state index contributed by atoms with van der Waals surface area (Å²) in [6, 6.07) is 18.8. The van der Waals surface area contributed by atoms with Crippen molar-refractivity contribution in [1.29, 1.82) is 0 Å². The van der Waals surface area contributed by atoms with Crippen molar-refractivity contribution in [1.82, 2.24) is 9.80 Å². The van der Waals surface area contributed by atoms with E-state index < -0.39 is 5.41 Å². The van der Waals surface area contributed by atoms with Crippen LogP contribution in [0.3, 0.4) is 0 Å². The third-order valence-electron chi connectivity index (χ3n) is 6.95. The Labute approximate surface area is 179 Å². The minimum atomic E-state index is -0.458. The standard InChI is InChI=1S/C26H32N2O2/c1-19-17-23(19)24(29)28-15-13-26(14-16-28,25(30)27(2)3)18-21-11-7-8-12-22(21)20-9-5-4-6-10-20/h4-12,19,23H,13-18H2,1-3H3. The lowest BCUT2D eigenvalue weighted by atomic mass is 9.71. The Morgan fingerprint density at radius 2 is 1.60 bits per heavy atom. The molecule has 2 aliphatic rings. The molecular formula is C26H32N2O2. The maximum absolute atomic E-state index is 13.4. The number of nitrogens with zero attached hydrogens (tertiary/aromatic N) is 2. The molecule has 30 heavy (non-hydrogen) atoms. The van der Waals surface area contributed by atoms with Gasteiger partial charge in [-0.1, -0.05) is 61.5 Å². The second-order valence-corrected chi connectivity index (χ2v) is 9.32. The predicted octanol–water partition coefficient (Wildman–Crippen LogP) is 4.25. The summed E-state index contributed by atoms with van der Waals surface area (Å²) >= 11 is 0. The molecule has 1 aliphatic heterocycles. The first-order chi connectivity index (χ1) is 14.4. The van der Waals surface area contributed by atoms with Crippen molar-refractivity contribution in [3.63, 3.8) is 0 Å². The van der Waals surface area contributed by atoms with Gasteiger partial charge >= 0.3 is 0 Å². The molecule has 1 saturated carbocycles. The largest absolute Gasteiger partial charge is 0.348 e. The van der Waals surface area contributed by atoms with Crippen LogP contribution < -0.4 is 0 Å². The van der Waals surface area contributed by atoms with E-state index >= 15 is 0 Å². The van der Waals surface area contributed by atoms with Crippen molar-refractivity contribution in [2.45, 2.75) is 32.6 Å². The summed E-state index contributed by atoms with van der Waals surface area (Å²) < 4.78 is 0. The predicted molar refractivity (Wildman–Crippen MR) is 120 cm³/mol. The SMILES string of the molecule is CC1CC1C(=O)N1CCC(Cc2ccccc2-c2ccccc2)(C(=O)N(C)C)CC1. The third-order valence-corrected chi connectivity index (χ3v) is 6.95. The highest BCUT2D eigenvalue weighted by atomic mass is 16.2. The van der Waals surface area contributed by atoms with E-state index in [4.69, 9.17) is 0 Å². The Bertz CT molecular complexity index is 914. The third kappa shape index (κ3) is 4.00. The lowest BCUT2D eigenvalue weighted by Crippen LogP contribution is -2.51. The normalized spacial score (nSPS) is 22.4. The highest BCUT2D eigenvalue weighted by Crippen LogP contribution is 2.43. The van der Waals surface area contributed by atoms with E-state index in [-0.39, 0.29) is 17.7 Å². The summed E-state index contributed by atoms with van der Waals surface area (Å²) in [5.41, 5.74) is 3.11. The van der Waals surface area contributed by atoms with E-state index in [0.717, 1.165) is 19.3 Å². The highest BCUT2D eigenvalue weighted by Gasteiger charge is 2.47. The molecule has 2 amide bonds. The maximum Gasteiger partial charge on any atom is 0.228 e. The fourth-order valence-electron chi connectivity index (χ4n) is 4.93. The van der Waals surface area contributed by atoms with Gasteiger partial charge in [-0.2, -0.15) is 0 Å². The first kappa shape index (κ1) is 20.6. The maximum atomic E-state index is 13.4. The highest BCUT2D eigenvalue weighted by molar-refractivity contribution is 5.85. The molecule has 2 aromatic carbocycles. The molecule has 4 rings (SSSR count). The van der Waals surface area contributed by atoms with Crippen molar-refractivity contribution in [2.24, 2.45) is 17.3 Å². The number of hydrogen-bond acceptors (Lipinski definition) is 2. The molecule has 0 bridgehead atoms. The fraction of sp³-hybridized carbons (Fsp3) is 0.462. The number of likely N-dealkylation sites (tertiary alicyclic amines) is 1. The van der Waals surface area contributed by atoms with Crippen LogP contribution in [0.25, 0.3) is 11.1 Å². The topological polar surface area (TPSA) is 40.6 Å².